The summed E-state index contributed by atoms with van der Waals surface area (Å²) >= 11 is 0. The van der Waals surface area contributed by atoms with Crippen LogP contribution in [0.5, 0.6) is 0 Å². The largest absolute Gasteiger partial charge is 0.464 e. The number of rotatable bonds is 8. The van der Waals surface area contributed by atoms with Gasteiger partial charge in [0.1, 0.15) is 36.3 Å². The maximum Gasteiger partial charge on any atom is 0.414 e. The molecule has 0 aromatic carbocycles. The topological polar surface area (TPSA) is 163 Å². The number of nitrogens with one attached hydrogen (secondary N) is 3. The predicted molar refractivity (Wildman–Crippen MR) is 132 cm³/mol. The Morgan fingerprint density at radius 3 is 1.70 bits per heavy atom. The third-order valence-electron chi connectivity index (χ3n) is 4.88. The van der Waals surface area contributed by atoms with Crippen molar-refractivity contribution in [2.24, 2.45) is 16.8 Å². The molecule has 2 rings (SSSR count). The second-order valence-electron chi connectivity index (χ2n) is 10.4. The van der Waals surface area contributed by atoms with Crippen LogP contribution in [0.3, 0.4) is 0 Å². The second-order valence-corrected chi connectivity index (χ2v) is 10.4. The van der Waals surface area contributed by atoms with Gasteiger partial charge in [0.2, 0.25) is 5.96 Å². The Hall–Kier alpha value is -3.19. The van der Waals surface area contributed by atoms with Crippen LogP contribution < -0.4 is 16.0 Å². The minimum absolute atomic E-state index is 0.110. The molecule has 4 atom stereocenters. The van der Waals surface area contributed by atoms with Gasteiger partial charge in [-0.1, -0.05) is 12.2 Å². The van der Waals surface area contributed by atoms with Crippen molar-refractivity contribution in [2.75, 3.05) is 33.4 Å². The number of ether oxygens (including phenoxy) is 5. The molecule has 4 unspecified atom stereocenters. The lowest BCUT2D eigenvalue weighted by Crippen LogP contribution is -2.47. The highest BCUT2D eigenvalue weighted by Gasteiger charge is 2.54. The first-order valence-corrected chi connectivity index (χ1v) is 12.1. The maximum absolute atomic E-state index is 12.8. The number of likely N-dealkylation sites (N-methyl/N-ethyl adjacent to an activating group) is 1. The molecule has 0 aromatic rings. The van der Waals surface area contributed by atoms with Gasteiger partial charge in [-0.05, 0) is 48.6 Å². The smallest absolute Gasteiger partial charge is 0.414 e. The zero-order valence-corrected chi connectivity index (χ0v) is 22.4. The molecule has 2 bridgehead atoms. The van der Waals surface area contributed by atoms with Gasteiger partial charge in [-0.15, -0.1) is 0 Å². The summed E-state index contributed by atoms with van der Waals surface area (Å²) in [7, 11) is 1.73. The van der Waals surface area contributed by atoms with Crippen molar-refractivity contribution in [1.82, 2.24) is 16.0 Å². The van der Waals surface area contributed by atoms with E-state index in [1.165, 1.54) is 0 Å². The highest BCUT2D eigenvalue weighted by molar-refractivity contribution is 6.01. The van der Waals surface area contributed by atoms with Crippen LogP contribution in [0.25, 0.3) is 0 Å². The molecule has 37 heavy (non-hydrogen) atoms. The minimum atomic E-state index is -0.847. The molecule has 0 spiro atoms. The Labute approximate surface area is 216 Å². The lowest BCUT2D eigenvalue weighted by molar-refractivity contribution is -0.159. The molecular formula is C24H38N4O9. The van der Waals surface area contributed by atoms with Gasteiger partial charge < -0.3 is 29.0 Å². The molecule has 0 saturated carbocycles. The molecule has 1 fully saturated rings. The zero-order valence-electron chi connectivity index (χ0n) is 22.4. The average molecular weight is 527 g/mol. The molecule has 13 nitrogen and oxygen atoms in total. The normalized spacial score (nSPS) is 22.1. The molecule has 0 radical (unpaired) electrons. The molecule has 208 valence electrons. The fourth-order valence-electron chi connectivity index (χ4n) is 3.53. The summed E-state index contributed by atoms with van der Waals surface area (Å²) in [6.07, 6.45) is 0.639. The number of nitrogens with zero attached hydrogens (tertiary/aromatic N) is 1. The number of carbonyl (C=O) groups is 4. The standard InChI is InChI=1S/C24H38N4O9/c1-23(2,3)36-21(31)27-20(28-22(32)37-24(4,5)6)26-11-13-34-19(30)17-15-9-8-14(35-15)16(17)18(29)33-12-10-25-7/h8-9,14-17,25H,10-13H2,1-7H3,(H2,26,27,28,31,32). The fourth-order valence-corrected chi connectivity index (χ4v) is 3.53. The molecular weight excluding hydrogens is 488 g/mol. The van der Waals surface area contributed by atoms with Gasteiger partial charge in [0.05, 0.1) is 18.8 Å². The first-order chi connectivity index (χ1) is 17.2. The first-order valence-electron chi connectivity index (χ1n) is 12.1. The van der Waals surface area contributed by atoms with Crippen molar-refractivity contribution in [1.29, 1.82) is 0 Å². The van der Waals surface area contributed by atoms with Crippen molar-refractivity contribution in [3.05, 3.63) is 12.2 Å². The minimum Gasteiger partial charge on any atom is -0.464 e. The van der Waals surface area contributed by atoms with E-state index in [0.717, 1.165) is 0 Å². The number of guanidine groups is 1. The van der Waals surface area contributed by atoms with Gasteiger partial charge in [0.25, 0.3) is 0 Å². The first kappa shape index (κ1) is 30.0. The van der Waals surface area contributed by atoms with Crippen LogP contribution in [0.4, 0.5) is 9.59 Å². The molecule has 2 amide bonds. The SMILES string of the molecule is CNCCOC(=O)C1C2C=CC(O2)C1C(=O)OCCN=C(NC(=O)OC(C)(C)C)NC(=O)OC(C)(C)C. The number of aliphatic imine (C=N–C) groups is 1. The predicted octanol–water partition coefficient (Wildman–Crippen LogP) is 1.27. The highest BCUT2D eigenvalue weighted by Crippen LogP contribution is 2.40. The van der Waals surface area contributed by atoms with E-state index < -0.39 is 59.4 Å². The number of fused-ring (bicyclic) bond motifs is 2. The van der Waals surface area contributed by atoms with E-state index in [1.807, 2.05) is 0 Å². The number of esters is 2. The third-order valence-corrected chi connectivity index (χ3v) is 4.88. The Kier molecular flexibility index (Phi) is 10.4. The van der Waals surface area contributed by atoms with Crippen LogP contribution in [-0.4, -0.2) is 86.8 Å². The Bertz CT molecular complexity index is 873. The molecule has 2 aliphatic heterocycles. The van der Waals surface area contributed by atoms with Crippen molar-refractivity contribution < 1.29 is 42.9 Å². The second kappa shape index (κ2) is 12.9. The Balaban J connectivity index is 1.98. The van der Waals surface area contributed by atoms with Crippen LogP contribution >= 0.6 is 0 Å². The molecule has 2 heterocycles. The zero-order chi connectivity index (χ0) is 27.8. The van der Waals surface area contributed by atoms with Gasteiger partial charge >= 0.3 is 24.1 Å². The number of carbonyl (C=O) groups excluding carboxylic acids is 4. The summed E-state index contributed by atoms with van der Waals surface area (Å²) < 4.78 is 26.6. The van der Waals surface area contributed by atoms with Gasteiger partial charge in [-0.25, -0.2) is 14.6 Å². The van der Waals surface area contributed by atoms with Gasteiger partial charge in [-0.2, -0.15) is 0 Å². The van der Waals surface area contributed by atoms with Crippen molar-refractivity contribution >= 4 is 30.1 Å². The third kappa shape index (κ3) is 10.00. The van der Waals surface area contributed by atoms with Crippen LogP contribution in [-0.2, 0) is 33.3 Å². The van der Waals surface area contributed by atoms with E-state index in [9.17, 15) is 19.2 Å². The quantitative estimate of drug-likeness (QED) is 0.105. The summed E-state index contributed by atoms with van der Waals surface area (Å²) in [5, 5.41) is 7.56. The Morgan fingerprint density at radius 1 is 0.811 bits per heavy atom. The lowest BCUT2D eigenvalue weighted by atomic mass is 9.83. The van der Waals surface area contributed by atoms with Gasteiger partial charge in [0, 0.05) is 6.54 Å². The average Bonchev–Trinajstić information content (AvgIpc) is 3.35. The van der Waals surface area contributed by atoms with Crippen LogP contribution in [0.1, 0.15) is 41.5 Å². The molecule has 0 aromatic heterocycles. The number of hydrogen-bond acceptors (Lipinski definition) is 11. The van der Waals surface area contributed by atoms with Crippen molar-refractivity contribution in [2.45, 2.75) is 65.0 Å². The summed E-state index contributed by atoms with van der Waals surface area (Å²) in [5.41, 5.74) is -1.56. The lowest BCUT2D eigenvalue weighted by Gasteiger charge is -2.22. The molecule has 2 aliphatic rings. The number of amides is 2. The number of alkyl carbamates (subject to hydrolysis) is 2. The van der Waals surface area contributed by atoms with Crippen LogP contribution in [0, 0.1) is 11.8 Å². The highest BCUT2D eigenvalue weighted by atomic mass is 16.6. The molecule has 13 heteroatoms. The van der Waals surface area contributed by atoms with Crippen molar-refractivity contribution in [3.8, 4) is 0 Å². The van der Waals surface area contributed by atoms with E-state index in [1.54, 1.807) is 60.7 Å². The summed E-state index contributed by atoms with van der Waals surface area (Å²) in [6, 6.07) is 0. The molecule has 3 N–H and O–H groups in total. The van der Waals surface area contributed by atoms with E-state index >= 15 is 0 Å². The monoisotopic (exact) mass is 526 g/mol. The van der Waals surface area contributed by atoms with Crippen LogP contribution in [0.15, 0.2) is 17.1 Å². The summed E-state index contributed by atoms with van der Waals surface area (Å²) in [4.78, 5) is 53.8. The van der Waals surface area contributed by atoms with E-state index in [0.29, 0.717) is 6.54 Å². The summed E-state index contributed by atoms with van der Waals surface area (Å²) in [6.45, 7) is 10.4. The number of hydrogen-bond donors (Lipinski definition) is 3. The van der Waals surface area contributed by atoms with Crippen LogP contribution in [0.2, 0.25) is 0 Å². The Morgan fingerprint density at radius 2 is 1.27 bits per heavy atom. The van der Waals surface area contributed by atoms with Crippen molar-refractivity contribution in [3.63, 3.8) is 0 Å². The van der Waals surface area contributed by atoms with E-state index in [4.69, 9.17) is 23.7 Å². The van der Waals surface area contributed by atoms with E-state index in [-0.39, 0.29) is 25.7 Å². The maximum atomic E-state index is 12.8. The van der Waals surface area contributed by atoms with E-state index in [2.05, 4.69) is 20.9 Å². The molecule has 1 saturated heterocycles. The van der Waals surface area contributed by atoms with Gasteiger partial charge in [0.15, 0.2) is 0 Å². The summed E-state index contributed by atoms with van der Waals surface area (Å²) in [5.74, 6) is -3.06. The van der Waals surface area contributed by atoms with Gasteiger partial charge in [-0.3, -0.25) is 20.2 Å². The fraction of sp³-hybridized carbons (Fsp3) is 0.708. The molecule has 0 aliphatic carbocycles.